The molecule has 1 aromatic carbocycles. The number of amidine groups is 1. The fraction of sp³-hybridized carbons (Fsp3) is 0.467. The molecular formula is C15H23ClN4O3S. The molecular weight excluding hydrogens is 352 g/mol. The summed E-state index contributed by atoms with van der Waals surface area (Å²) in [6, 6.07) is 6.22. The second-order valence-electron chi connectivity index (χ2n) is 5.79. The van der Waals surface area contributed by atoms with E-state index in [-0.39, 0.29) is 24.1 Å². The highest BCUT2D eigenvalue weighted by atomic mass is 35.5. The summed E-state index contributed by atoms with van der Waals surface area (Å²) in [5.41, 5.74) is 7.32. The Labute approximate surface area is 148 Å². The smallest absolute Gasteiger partial charge is 0.239 e. The van der Waals surface area contributed by atoms with Crippen molar-refractivity contribution >= 4 is 34.2 Å². The Morgan fingerprint density at radius 3 is 2.33 bits per heavy atom. The van der Waals surface area contributed by atoms with Crippen molar-refractivity contribution in [3.8, 4) is 0 Å². The number of hydrogen-bond acceptors (Lipinski definition) is 5. The van der Waals surface area contributed by atoms with E-state index in [0.29, 0.717) is 12.0 Å². The van der Waals surface area contributed by atoms with Gasteiger partial charge in [0.05, 0.1) is 12.3 Å². The molecule has 0 saturated carbocycles. The van der Waals surface area contributed by atoms with E-state index >= 15 is 0 Å². The Kier molecular flexibility index (Phi) is 7.19. The summed E-state index contributed by atoms with van der Waals surface area (Å²) in [5, 5.41) is 7.70. The third-order valence-corrected chi connectivity index (χ3v) is 4.30. The molecule has 24 heavy (non-hydrogen) atoms. The van der Waals surface area contributed by atoms with Crippen LogP contribution in [0.5, 0.6) is 0 Å². The first-order valence-electron chi connectivity index (χ1n) is 7.46. The molecule has 4 N–H and O–H groups in total. The number of nitrogens with one attached hydrogen (secondary N) is 2. The van der Waals surface area contributed by atoms with Gasteiger partial charge in [-0.05, 0) is 24.8 Å². The summed E-state index contributed by atoms with van der Waals surface area (Å²) in [6.45, 7) is 1.56. The molecule has 1 aliphatic rings. The number of sulfonamides is 1. The van der Waals surface area contributed by atoms with Gasteiger partial charge >= 0.3 is 0 Å². The van der Waals surface area contributed by atoms with E-state index < -0.39 is 16.1 Å². The molecule has 1 fully saturated rings. The minimum Gasteiger partial charge on any atom is -0.341 e. The molecule has 1 amide bonds. The van der Waals surface area contributed by atoms with Gasteiger partial charge in [0.25, 0.3) is 0 Å². The van der Waals surface area contributed by atoms with Gasteiger partial charge in [0.1, 0.15) is 5.84 Å². The van der Waals surface area contributed by atoms with Gasteiger partial charge in [-0.25, -0.2) is 8.42 Å². The molecule has 1 aromatic rings. The molecule has 0 aromatic heterocycles. The summed E-state index contributed by atoms with van der Waals surface area (Å²) in [4.78, 5) is 14.0. The van der Waals surface area contributed by atoms with Gasteiger partial charge in [-0.3, -0.25) is 14.9 Å². The number of carbonyl (C=O) groups is 1. The van der Waals surface area contributed by atoms with Crippen molar-refractivity contribution in [1.29, 1.82) is 5.41 Å². The molecule has 7 nitrogen and oxygen atoms in total. The Bertz CT molecular complexity index is 685. The fourth-order valence-electron chi connectivity index (χ4n) is 2.57. The van der Waals surface area contributed by atoms with Crippen molar-refractivity contribution in [3.05, 3.63) is 35.4 Å². The molecule has 1 saturated heterocycles. The molecule has 134 valence electrons. The molecule has 9 heteroatoms. The maximum atomic E-state index is 12.2. The Hall–Kier alpha value is -1.64. The lowest BCUT2D eigenvalue weighted by atomic mass is 10.0. The number of amides is 1. The standard InChI is InChI=1S/C15H22N4O3S.ClH/c1-23(21,22)18-14(17)12-6-4-11(5-7-12)10-13(16)15(20)19-8-2-3-9-19;/h4-7,13H,2-3,8-10,16H2,1H3,(H2,17,18);1H/t13-;/m0./s1. The highest BCUT2D eigenvalue weighted by molar-refractivity contribution is 7.89. The molecule has 1 atom stereocenters. The van der Waals surface area contributed by atoms with E-state index in [9.17, 15) is 13.2 Å². The summed E-state index contributed by atoms with van der Waals surface area (Å²) >= 11 is 0. The first-order chi connectivity index (χ1) is 10.8. The second-order valence-corrected chi connectivity index (χ2v) is 7.54. The predicted molar refractivity (Wildman–Crippen MR) is 96.0 cm³/mol. The fourth-order valence-corrected chi connectivity index (χ4v) is 3.05. The minimum absolute atomic E-state index is 0. The number of nitrogens with zero attached hydrogens (tertiary/aromatic N) is 1. The van der Waals surface area contributed by atoms with Gasteiger partial charge in [0.2, 0.25) is 15.9 Å². The molecule has 0 aliphatic carbocycles. The molecule has 0 radical (unpaired) electrons. The minimum atomic E-state index is -3.47. The molecule has 0 unspecified atom stereocenters. The summed E-state index contributed by atoms with van der Waals surface area (Å²) in [5.74, 6) is -0.213. The van der Waals surface area contributed by atoms with Gasteiger partial charge in [-0.1, -0.05) is 24.3 Å². The monoisotopic (exact) mass is 374 g/mol. The van der Waals surface area contributed by atoms with Crippen LogP contribution in [0.3, 0.4) is 0 Å². The number of halogens is 1. The van der Waals surface area contributed by atoms with Gasteiger partial charge in [0.15, 0.2) is 0 Å². The lowest BCUT2D eigenvalue weighted by Gasteiger charge is -2.20. The normalized spacial score (nSPS) is 15.5. The summed E-state index contributed by atoms with van der Waals surface area (Å²) in [7, 11) is -3.47. The van der Waals surface area contributed by atoms with Crippen molar-refractivity contribution in [2.24, 2.45) is 5.73 Å². The van der Waals surface area contributed by atoms with Crippen LogP contribution in [0.15, 0.2) is 24.3 Å². The maximum Gasteiger partial charge on any atom is 0.239 e. The first-order valence-corrected chi connectivity index (χ1v) is 9.35. The second kappa shape index (κ2) is 8.46. The largest absolute Gasteiger partial charge is 0.341 e. The Balaban J connectivity index is 0.00000288. The van der Waals surface area contributed by atoms with E-state index in [1.54, 1.807) is 29.2 Å². The highest BCUT2D eigenvalue weighted by Crippen LogP contribution is 2.12. The quantitative estimate of drug-likeness (QED) is 0.513. The van der Waals surface area contributed by atoms with E-state index in [2.05, 4.69) is 4.72 Å². The Morgan fingerprint density at radius 2 is 1.83 bits per heavy atom. The van der Waals surface area contributed by atoms with Crippen molar-refractivity contribution in [2.75, 3.05) is 19.3 Å². The molecule has 2 rings (SSSR count). The number of carbonyl (C=O) groups excluding carboxylic acids is 1. The van der Waals surface area contributed by atoms with Crippen molar-refractivity contribution in [2.45, 2.75) is 25.3 Å². The first kappa shape index (κ1) is 20.4. The number of benzene rings is 1. The number of nitrogens with two attached hydrogens (primary N) is 1. The number of hydrogen-bond donors (Lipinski definition) is 3. The molecule has 1 aliphatic heterocycles. The van der Waals surface area contributed by atoms with Crippen molar-refractivity contribution in [1.82, 2.24) is 9.62 Å². The van der Waals surface area contributed by atoms with Crippen LogP contribution in [0.2, 0.25) is 0 Å². The van der Waals surface area contributed by atoms with Crippen LogP contribution in [0.1, 0.15) is 24.0 Å². The SMILES string of the molecule is CS(=O)(=O)NC(=N)c1ccc(C[C@H](N)C(=O)N2CCCC2)cc1.Cl. The summed E-state index contributed by atoms with van der Waals surface area (Å²) < 4.78 is 24.4. The van der Waals surface area contributed by atoms with Gasteiger partial charge in [0, 0.05) is 18.7 Å². The number of likely N-dealkylation sites (tertiary alicyclic amines) is 1. The average Bonchev–Trinajstić information content (AvgIpc) is 2.99. The van der Waals surface area contributed by atoms with Gasteiger partial charge in [-0.2, -0.15) is 0 Å². The van der Waals surface area contributed by atoms with Crippen molar-refractivity contribution in [3.63, 3.8) is 0 Å². The maximum absolute atomic E-state index is 12.2. The lowest BCUT2D eigenvalue weighted by molar-refractivity contribution is -0.131. The molecule has 0 spiro atoms. The zero-order chi connectivity index (χ0) is 17.0. The van der Waals surface area contributed by atoms with Crippen LogP contribution in [0, 0.1) is 5.41 Å². The Morgan fingerprint density at radius 1 is 1.29 bits per heavy atom. The van der Waals surface area contributed by atoms with Crippen LogP contribution in [-0.4, -0.2) is 50.4 Å². The highest BCUT2D eigenvalue weighted by Gasteiger charge is 2.23. The van der Waals surface area contributed by atoms with Crippen molar-refractivity contribution < 1.29 is 13.2 Å². The van der Waals surface area contributed by atoms with Crippen LogP contribution >= 0.6 is 12.4 Å². The van der Waals surface area contributed by atoms with E-state index in [1.165, 1.54) is 0 Å². The summed E-state index contributed by atoms with van der Waals surface area (Å²) in [6.07, 6.45) is 3.48. The third-order valence-electron chi connectivity index (χ3n) is 3.72. The van der Waals surface area contributed by atoms with Crippen LogP contribution in [0.4, 0.5) is 0 Å². The molecule has 1 heterocycles. The van der Waals surface area contributed by atoms with Gasteiger partial charge in [-0.15, -0.1) is 12.4 Å². The van der Waals surface area contributed by atoms with Crippen LogP contribution in [-0.2, 0) is 21.2 Å². The average molecular weight is 375 g/mol. The number of rotatable bonds is 5. The van der Waals surface area contributed by atoms with Gasteiger partial charge < -0.3 is 10.6 Å². The zero-order valence-electron chi connectivity index (χ0n) is 13.5. The zero-order valence-corrected chi connectivity index (χ0v) is 15.1. The third kappa shape index (κ3) is 5.77. The molecule has 0 bridgehead atoms. The van der Waals surface area contributed by atoms with Crippen LogP contribution in [0.25, 0.3) is 0 Å². The van der Waals surface area contributed by atoms with E-state index in [1.807, 2.05) is 0 Å². The predicted octanol–water partition coefficient (Wildman–Crippen LogP) is 0.475. The van der Waals surface area contributed by atoms with E-state index in [0.717, 1.165) is 37.8 Å². The van der Waals surface area contributed by atoms with E-state index in [4.69, 9.17) is 11.1 Å². The topological polar surface area (TPSA) is 116 Å². The van der Waals surface area contributed by atoms with Crippen LogP contribution < -0.4 is 10.5 Å². The lowest BCUT2D eigenvalue weighted by Crippen LogP contribution is -2.43.